The summed E-state index contributed by atoms with van der Waals surface area (Å²) in [6.45, 7) is 5.79. The number of aryl methyl sites for hydroxylation is 1. The summed E-state index contributed by atoms with van der Waals surface area (Å²) < 4.78 is 7.67. The number of benzene rings is 2. The molecule has 0 spiro atoms. The highest BCUT2D eigenvalue weighted by atomic mass is 16.5. The summed E-state index contributed by atoms with van der Waals surface area (Å²) in [7, 11) is 0. The van der Waals surface area contributed by atoms with E-state index >= 15 is 0 Å². The van der Waals surface area contributed by atoms with Gasteiger partial charge in [0.05, 0.1) is 18.8 Å². The summed E-state index contributed by atoms with van der Waals surface area (Å²) in [4.78, 5) is 17.4. The van der Waals surface area contributed by atoms with E-state index < -0.39 is 0 Å². The first-order valence-electron chi connectivity index (χ1n) is 10.5. The van der Waals surface area contributed by atoms with Crippen molar-refractivity contribution in [3.63, 3.8) is 0 Å². The molecule has 0 atom stereocenters. The molecule has 5 nitrogen and oxygen atoms in total. The van der Waals surface area contributed by atoms with Crippen LogP contribution in [0.2, 0.25) is 0 Å². The molecule has 3 heterocycles. The van der Waals surface area contributed by atoms with Crippen molar-refractivity contribution in [1.82, 2.24) is 9.47 Å². The van der Waals surface area contributed by atoms with Crippen LogP contribution >= 0.6 is 0 Å². The van der Waals surface area contributed by atoms with Gasteiger partial charge in [-0.1, -0.05) is 36.4 Å². The molecule has 0 unspecified atom stereocenters. The molecule has 5 rings (SSSR count). The Morgan fingerprint density at radius 3 is 2.48 bits per heavy atom. The fourth-order valence-corrected chi connectivity index (χ4v) is 4.46. The lowest BCUT2D eigenvalue weighted by Crippen LogP contribution is -2.47. The van der Waals surface area contributed by atoms with Gasteiger partial charge in [-0.3, -0.25) is 4.79 Å². The van der Waals surface area contributed by atoms with E-state index in [0.29, 0.717) is 32.2 Å². The number of nitrogens with zero attached hydrogens (tertiary/aromatic N) is 3. The van der Waals surface area contributed by atoms with E-state index in [4.69, 9.17) is 4.74 Å². The monoisotopic (exact) mass is 389 g/mol. The molecule has 2 aliphatic rings. The molecule has 2 fully saturated rings. The van der Waals surface area contributed by atoms with Crippen LogP contribution in [0.4, 0.5) is 5.69 Å². The standard InChI is InChI=1S/C24H27N3O2/c28-24(25-12-14-29-15-13-25)22-18-26(23-9-5-4-8-21(22)23)11-10-19-16-27(17-19)20-6-2-1-3-7-20/h1-9,18-19H,10-17H2. The zero-order chi connectivity index (χ0) is 19.6. The lowest BCUT2D eigenvalue weighted by Gasteiger charge is -2.41. The normalized spacial score (nSPS) is 17.5. The lowest BCUT2D eigenvalue weighted by atomic mass is 9.95. The number of anilines is 1. The molecule has 3 aromatic rings. The quantitative estimate of drug-likeness (QED) is 0.669. The highest BCUT2D eigenvalue weighted by Gasteiger charge is 2.27. The number of hydrogen-bond donors (Lipinski definition) is 0. The van der Waals surface area contributed by atoms with Gasteiger partial charge in [0.15, 0.2) is 0 Å². The van der Waals surface area contributed by atoms with Crippen molar-refractivity contribution in [2.24, 2.45) is 5.92 Å². The molecule has 150 valence electrons. The molecule has 1 amide bonds. The second kappa shape index (κ2) is 7.91. The topological polar surface area (TPSA) is 37.7 Å². The van der Waals surface area contributed by atoms with Crippen molar-refractivity contribution in [1.29, 1.82) is 0 Å². The molecule has 0 aliphatic carbocycles. The molecule has 0 radical (unpaired) electrons. The molecule has 0 saturated carbocycles. The Kier molecular flexibility index (Phi) is 4.98. The minimum absolute atomic E-state index is 0.127. The number of carbonyl (C=O) groups is 1. The molecule has 2 aromatic carbocycles. The van der Waals surface area contributed by atoms with E-state index in [1.807, 2.05) is 11.0 Å². The van der Waals surface area contributed by atoms with Gasteiger partial charge < -0.3 is 19.1 Å². The van der Waals surface area contributed by atoms with E-state index in [2.05, 4.69) is 64.2 Å². The van der Waals surface area contributed by atoms with Crippen LogP contribution in [0.5, 0.6) is 0 Å². The number of rotatable bonds is 5. The zero-order valence-corrected chi connectivity index (χ0v) is 16.7. The Labute approximate surface area is 171 Å². The molecule has 29 heavy (non-hydrogen) atoms. The molecule has 2 aliphatic heterocycles. The van der Waals surface area contributed by atoms with Gasteiger partial charge in [-0.2, -0.15) is 0 Å². The number of amides is 1. The van der Waals surface area contributed by atoms with Gasteiger partial charge in [0.1, 0.15) is 0 Å². The highest BCUT2D eigenvalue weighted by molar-refractivity contribution is 6.07. The van der Waals surface area contributed by atoms with Crippen LogP contribution in [-0.2, 0) is 11.3 Å². The molecule has 1 aromatic heterocycles. The van der Waals surface area contributed by atoms with Gasteiger partial charge in [0.2, 0.25) is 0 Å². The van der Waals surface area contributed by atoms with Crippen molar-refractivity contribution >= 4 is 22.5 Å². The molecular weight excluding hydrogens is 362 g/mol. The third-order valence-electron chi connectivity index (χ3n) is 6.17. The second-order valence-corrected chi connectivity index (χ2v) is 8.05. The van der Waals surface area contributed by atoms with Gasteiger partial charge >= 0.3 is 0 Å². The smallest absolute Gasteiger partial charge is 0.256 e. The Balaban J connectivity index is 1.28. The van der Waals surface area contributed by atoms with E-state index in [-0.39, 0.29) is 5.91 Å². The van der Waals surface area contributed by atoms with E-state index in [1.54, 1.807) is 0 Å². The maximum atomic E-state index is 13.1. The first-order valence-corrected chi connectivity index (χ1v) is 10.5. The van der Waals surface area contributed by atoms with Crippen LogP contribution in [0.15, 0.2) is 60.8 Å². The fourth-order valence-electron chi connectivity index (χ4n) is 4.46. The molecule has 0 bridgehead atoms. The van der Waals surface area contributed by atoms with Crippen LogP contribution in [-0.4, -0.2) is 54.8 Å². The summed E-state index contributed by atoms with van der Waals surface area (Å²) in [5.41, 5.74) is 3.29. The van der Waals surface area contributed by atoms with Crippen molar-refractivity contribution in [3.05, 3.63) is 66.4 Å². The number of fused-ring (bicyclic) bond motifs is 1. The Hall–Kier alpha value is -2.79. The number of para-hydroxylation sites is 2. The van der Waals surface area contributed by atoms with Gasteiger partial charge in [-0.05, 0) is 30.5 Å². The summed E-state index contributed by atoms with van der Waals surface area (Å²) in [5.74, 6) is 0.830. The lowest BCUT2D eigenvalue weighted by molar-refractivity contribution is 0.0304. The predicted octanol–water partition coefficient (Wildman–Crippen LogP) is 3.64. The van der Waals surface area contributed by atoms with Crippen LogP contribution in [0.1, 0.15) is 16.8 Å². The molecule has 2 saturated heterocycles. The summed E-state index contributed by atoms with van der Waals surface area (Å²) in [5, 5.41) is 1.06. The Morgan fingerprint density at radius 1 is 0.966 bits per heavy atom. The summed E-state index contributed by atoms with van der Waals surface area (Å²) >= 11 is 0. The SMILES string of the molecule is O=C(c1cn(CCC2CN(c3ccccc3)C2)c2ccccc12)N1CCOCC1. The number of aromatic nitrogens is 1. The van der Waals surface area contributed by atoms with Gasteiger partial charge in [-0.25, -0.2) is 0 Å². The largest absolute Gasteiger partial charge is 0.378 e. The van der Waals surface area contributed by atoms with Gasteiger partial charge in [-0.15, -0.1) is 0 Å². The predicted molar refractivity (Wildman–Crippen MR) is 115 cm³/mol. The maximum absolute atomic E-state index is 13.1. The first kappa shape index (κ1) is 18.3. The zero-order valence-electron chi connectivity index (χ0n) is 16.7. The molecule has 5 heteroatoms. The van der Waals surface area contributed by atoms with Crippen LogP contribution in [0.3, 0.4) is 0 Å². The number of hydrogen-bond acceptors (Lipinski definition) is 3. The first-order chi connectivity index (χ1) is 14.3. The average Bonchev–Trinajstić information content (AvgIpc) is 3.12. The van der Waals surface area contributed by atoms with Crippen LogP contribution in [0.25, 0.3) is 10.9 Å². The minimum atomic E-state index is 0.127. The third kappa shape index (κ3) is 3.62. The Bertz CT molecular complexity index is 986. The highest BCUT2D eigenvalue weighted by Crippen LogP contribution is 2.28. The number of carbonyl (C=O) groups excluding carboxylic acids is 1. The van der Waals surface area contributed by atoms with Crippen molar-refractivity contribution in [2.45, 2.75) is 13.0 Å². The summed E-state index contributed by atoms with van der Waals surface area (Å²) in [6.07, 6.45) is 3.20. The van der Waals surface area contributed by atoms with Gasteiger partial charge in [0.25, 0.3) is 5.91 Å². The van der Waals surface area contributed by atoms with Gasteiger partial charge in [0, 0.05) is 55.5 Å². The van der Waals surface area contributed by atoms with Crippen molar-refractivity contribution in [2.75, 3.05) is 44.3 Å². The van der Waals surface area contributed by atoms with E-state index in [0.717, 1.165) is 42.5 Å². The van der Waals surface area contributed by atoms with Crippen molar-refractivity contribution < 1.29 is 9.53 Å². The fraction of sp³-hybridized carbons (Fsp3) is 0.375. The number of ether oxygens (including phenoxy) is 1. The molecular formula is C24H27N3O2. The average molecular weight is 389 g/mol. The summed E-state index contributed by atoms with van der Waals surface area (Å²) in [6, 6.07) is 18.9. The molecule has 0 N–H and O–H groups in total. The minimum Gasteiger partial charge on any atom is -0.378 e. The van der Waals surface area contributed by atoms with Crippen molar-refractivity contribution in [3.8, 4) is 0 Å². The van der Waals surface area contributed by atoms with Crippen LogP contribution in [0, 0.1) is 5.92 Å². The maximum Gasteiger partial charge on any atom is 0.256 e. The number of morpholine rings is 1. The van der Waals surface area contributed by atoms with Crippen LogP contribution < -0.4 is 4.90 Å². The second-order valence-electron chi connectivity index (χ2n) is 8.05. The van der Waals surface area contributed by atoms with E-state index in [1.165, 1.54) is 5.69 Å². The third-order valence-corrected chi connectivity index (χ3v) is 6.17. The van der Waals surface area contributed by atoms with E-state index in [9.17, 15) is 4.79 Å². The Morgan fingerprint density at radius 2 is 1.69 bits per heavy atom.